The van der Waals surface area contributed by atoms with E-state index in [-0.39, 0.29) is 27.8 Å². The van der Waals surface area contributed by atoms with E-state index in [1.165, 1.54) is 12.4 Å². The Morgan fingerprint density at radius 3 is 2.62 bits per heavy atom. The minimum atomic E-state index is -0.571. The van der Waals surface area contributed by atoms with Crippen molar-refractivity contribution in [2.24, 2.45) is 5.73 Å². The van der Waals surface area contributed by atoms with Gasteiger partial charge in [0.1, 0.15) is 23.4 Å². The van der Waals surface area contributed by atoms with Crippen molar-refractivity contribution in [3.63, 3.8) is 0 Å². The fourth-order valence-corrected chi connectivity index (χ4v) is 4.86. The molecule has 1 aliphatic heterocycles. The molecule has 3 aromatic carbocycles. The van der Waals surface area contributed by atoms with E-state index in [1.54, 1.807) is 17.0 Å². The second kappa shape index (κ2) is 9.04. The highest BCUT2D eigenvalue weighted by atomic mass is 35.5. The molecule has 4 aromatic rings. The number of hydrogen-bond acceptors (Lipinski definition) is 6. The van der Waals surface area contributed by atoms with Crippen molar-refractivity contribution < 1.29 is 14.3 Å². The minimum Gasteiger partial charge on any atom is -0.508 e. The van der Waals surface area contributed by atoms with E-state index in [9.17, 15) is 9.90 Å². The number of anilines is 1. The zero-order valence-electron chi connectivity index (χ0n) is 18.3. The van der Waals surface area contributed by atoms with Crippen molar-refractivity contribution in [1.82, 2.24) is 14.9 Å². The molecule has 0 saturated carbocycles. The molecule has 3 N–H and O–H groups in total. The van der Waals surface area contributed by atoms with Crippen molar-refractivity contribution >= 4 is 45.0 Å². The SMILES string of the molecule is NCCC(=O)N1CCN(c2ncnc3c(F)c(-c4cc(O)cc5ccccc45)c(Cl)cc23)CC1. The number of benzene rings is 3. The number of phenolic OH excluding ortho intramolecular Hbond substituents is 1. The van der Waals surface area contributed by atoms with Crippen LogP contribution in [0.15, 0.2) is 48.8 Å². The molecule has 34 heavy (non-hydrogen) atoms. The minimum absolute atomic E-state index is 0.0229. The summed E-state index contributed by atoms with van der Waals surface area (Å²) in [5, 5.41) is 12.5. The molecule has 174 valence electrons. The average molecular weight is 480 g/mol. The van der Waals surface area contributed by atoms with Gasteiger partial charge in [-0.3, -0.25) is 4.79 Å². The number of aromatic hydroxyl groups is 1. The molecule has 1 fully saturated rings. The number of carbonyl (C=O) groups is 1. The van der Waals surface area contributed by atoms with Gasteiger partial charge < -0.3 is 20.6 Å². The highest BCUT2D eigenvalue weighted by Crippen LogP contribution is 2.41. The van der Waals surface area contributed by atoms with Crippen LogP contribution in [0.2, 0.25) is 5.02 Å². The first-order chi connectivity index (χ1) is 16.5. The van der Waals surface area contributed by atoms with Gasteiger partial charge in [-0.15, -0.1) is 0 Å². The summed E-state index contributed by atoms with van der Waals surface area (Å²) in [6, 6.07) is 12.2. The van der Waals surface area contributed by atoms with Gasteiger partial charge in [0.05, 0.1) is 5.02 Å². The molecule has 1 aromatic heterocycles. The van der Waals surface area contributed by atoms with E-state index in [2.05, 4.69) is 9.97 Å². The second-order valence-corrected chi connectivity index (χ2v) is 8.67. The normalized spacial score (nSPS) is 14.2. The smallest absolute Gasteiger partial charge is 0.223 e. The summed E-state index contributed by atoms with van der Waals surface area (Å²) in [6.07, 6.45) is 1.66. The molecule has 0 atom stereocenters. The number of phenols is 1. The van der Waals surface area contributed by atoms with Gasteiger partial charge in [0.15, 0.2) is 5.82 Å². The van der Waals surface area contributed by atoms with Crippen molar-refractivity contribution in [3.8, 4) is 16.9 Å². The number of piperazine rings is 1. The van der Waals surface area contributed by atoms with Gasteiger partial charge in [-0.05, 0) is 34.5 Å². The Morgan fingerprint density at radius 1 is 1.09 bits per heavy atom. The van der Waals surface area contributed by atoms with Gasteiger partial charge in [0.25, 0.3) is 0 Å². The third-order valence-corrected chi connectivity index (χ3v) is 6.50. The highest BCUT2D eigenvalue weighted by molar-refractivity contribution is 6.35. The Bertz CT molecular complexity index is 1410. The van der Waals surface area contributed by atoms with Crippen molar-refractivity contribution in [3.05, 3.63) is 59.6 Å². The lowest BCUT2D eigenvalue weighted by molar-refractivity contribution is -0.131. The fourth-order valence-electron chi connectivity index (χ4n) is 4.57. The predicted octanol–water partition coefficient (Wildman–Crippen LogP) is 3.95. The lowest BCUT2D eigenvalue weighted by atomic mass is 9.96. The number of fused-ring (bicyclic) bond motifs is 2. The summed E-state index contributed by atoms with van der Waals surface area (Å²) in [4.78, 5) is 24.6. The van der Waals surface area contributed by atoms with Gasteiger partial charge >= 0.3 is 0 Å². The number of halogens is 2. The fraction of sp³-hybridized carbons (Fsp3) is 0.240. The van der Waals surface area contributed by atoms with Gasteiger partial charge in [-0.2, -0.15) is 0 Å². The second-order valence-electron chi connectivity index (χ2n) is 8.26. The van der Waals surface area contributed by atoms with E-state index >= 15 is 4.39 Å². The van der Waals surface area contributed by atoms with Crippen LogP contribution in [0.5, 0.6) is 5.75 Å². The topological polar surface area (TPSA) is 95.6 Å². The number of carbonyl (C=O) groups excluding carboxylic acids is 1. The Balaban J connectivity index is 1.57. The van der Waals surface area contributed by atoms with Crippen molar-refractivity contribution in [2.45, 2.75) is 6.42 Å². The first-order valence-electron chi connectivity index (χ1n) is 11.1. The van der Waals surface area contributed by atoms with Crippen molar-refractivity contribution in [2.75, 3.05) is 37.6 Å². The van der Waals surface area contributed by atoms with E-state index < -0.39 is 5.82 Å². The third kappa shape index (κ3) is 3.89. The van der Waals surface area contributed by atoms with Crippen LogP contribution in [0.25, 0.3) is 32.8 Å². The molecule has 0 aliphatic carbocycles. The summed E-state index contributed by atoms with van der Waals surface area (Å²) < 4.78 is 15.9. The molecule has 0 radical (unpaired) electrons. The third-order valence-electron chi connectivity index (χ3n) is 6.21. The Labute approximate surface area is 200 Å². The van der Waals surface area contributed by atoms with Crippen LogP contribution in [0, 0.1) is 5.82 Å². The zero-order valence-corrected chi connectivity index (χ0v) is 19.1. The van der Waals surface area contributed by atoms with E-state index in [0.717, 1.165) is 10.8 Å². The van der Waals surface area contributed by atoms with Crippen LogP contribution >= 0.6 is 11.6 Å². The molecule has 2 heterocycles. The number of amides is 1. The summed E-state index contributed by atoms with van der Waals surface area (Å²) in [7, 11) is 0. The summed E-state index contributed by atoms with van der Waals surface area (Å²) in [5.41, 5.74) is 6.33. The largest absolute Gasteiger partial charge is 0.508 e. The van der Waals surface area contributed by atoms with Crippen LogP contribution in [0.3, 0.4) is 0 Å². The van der Waals surface area contributed by atoms with E-state index in [1.807, 2.05) is 29.2 Å². The summed E-state index contributed by atoms with van der Waals surface area (Å²) >= 11 is 6.65. The van der Waals surface area contributed by atoms with E-state index in [0.29, 0.717) is 55.9 Å². The van der Waals surface area contributed by atoms with Crippen LogP contribution in [0.1, 0.15) is 6.42 Å². The molecule has 5 rings (SSSR count). The summed E-state index contributed by atoms with van der Waals surface area (Å²) in [5.74, 6) is 0.0594. The molecule has 0 bridgehead atoms. The molecule has 1 amide bonds. The Morgan fingerprint density at radius 2 is 1.85 bits per heavy atom. The molecule has 0 spiro atoms. The summed E-state index contributed by atoms with van der Waals surface area (Å²) in [6.45, 7) is 2.51. The zero-order chi connectivity index (χ0) is 23.8. The molecule has 1 saturated heterocycles. The lowest BCUT2D eigenvalue weighted by Gasteiger charge is -2.35. The quantitative estimate of drug-likeness (QED) is 0.460. The molecule has 9 heteroatoms. The van der Waals surface area contributed by atoms with Crippen LogP contribution < -0.4 is 10.6 Å². The highest BCUT2D eigenvalue weighted by Gasteiger charge is 2.25. The molecular formula is C25H23ClFN5O2. The predicted molar refractivity (Wildman–Crippen MR) is 132 cm³/mol. The van der Waals surface area contributed by atoms with Gasteiger partial charge in [0, 0.05) is 50.1 Å². The first-order valence-corrected chi connectivity index (χ1v) is 11.4. The Hall–Kier alpha value is -3.49. The molecule has 0 unspecified atom stereocenters. The average Bonchev–Trinajstić information content (AvgIpc) is 2.84. The monoisotopic (exact) mass is 479 g/mol. The number of aromatic nitrogens is 2. The van der Waals surface area contributed by atoms with Crippen LogP contribution in [-0.4, -0.2) is 58.6 Å². The maximum Gasteiger partial charge on any atom is 0.223 e. The standard InChI is InChI=1S/C25H23ClFN5O2/c26-20-13-19-24(23(27)22(20)18-12-16(33)11-15-3-1-2-4-17(15)18)29-14-30-25(19)32-9-7-31(8-10-32)21(34)5-6-28/h1-4,11-14,33H,5-10,28H2. The maximum atomic E-state index is 15.9. The van der Waals surface area contributed by atoms with Crippen LogP contribution in [-0.2, 0) is 4.79 Å². The van der Waals surface area contributed by atoms with Crippen LogP contribution in [0.4, 0.5) is 10.2 Å². The maximum absolute atomic E-state index is 15.9. The number of nitrogens with two attached hydrogens (primary N) is 1. The van der Waals surface area contributed by atoms with Gasteiger partial charge in [0.2, 0.25) is 5.91 Å². The van der Waals surface area contributed by atoms with Crippen molar-refractivity contribution in [1.29, 1.82) is 0 Å². The first kappa shape index (κ1) is 22.3. The number of nitrogens with zero attached hydrogens (tertiary/aromatic N) is 4. The number of hydrogen-bond donors (Lipinski definition) is 2. The Kier molecular flexibility index (Phi) is 5.93. The molecule has 1 aliphatic rings. The molecule has 7 nitrogen and oxygen atoms in total. The van der Waals surface area contributed by atoms with E-state index in [4.69, 9.17) is 17.3 Å². The van der Waals surface area contributed by atoms with Gasteiger partial charge in [-0.25, -0.2) is 14.4 Å². The number of rotatable bonds is 4. The lowest BCUT2D eigenvalue weighted by Crippen LogP contribution is -2.49. The molecular weight excluding hydrogens is 457 g/mol. The van der Waals surface area contributed by atoms with Gasteiger partial charge in [-0.1, -0.05) is 35.9 Å².